The van der Waals surface area contributed by atoms with Gasteiger partial charge < -0.3 is 0 Å². The smallest absolute Gasteiger partial charge is 0.264 e. The van der Waals surface area contributed by atoms with Gasteiger partial charge in [-0.05, 0) is 34.1 Å². The number of hydrogen-bond acceptors (Lipinski definition) is 2. The van der Waals surface area contributed by atoms with Crippen LogP contribution < -0.4 is 5.56 Å². The molecule has 2 aromatic carbocycles. The van der Waals surface area contributed by atoms with Gasteiger partial charge in [-0.3, -0.25) is 9.20 Å². The van der Waals surface area contributed by atoms with Crippen molar-refractivity contribution in [3.63, 3.8) is 0 Å². The normalized spacial score (nSPS) is 11.6. The van der Waals surface area contributed by atoms with E-state index in [1.54, 1.807) is 15.7 Å². The minimum atomic E-state index is 0.0475. The first-order chi connectivity index (χ1) is 9.27. The molecule has 2 heterocycles. The lowest BCUT2D eigenvalue weighted by Crippen LogP contribution is -2.12. The third-order valence-corrected chi connectivity index (χ3v) is 5.51. The van der Waals surface area contributed by atoms with E-state index in [4.69, 9.17) is 0 Å². The Morgan fingerprint density at radius 1 is 0.947 bits per heavy atom. The molecule has 0 bridgehead atoms. The third-order valence-electron chi connectivity index (χ3n) is 3.30. The van der Waals surface area contributed by atoms with Crippen LogP contribution in [0.3, 0.4) is 0 Å². The lowest BCUT2D eigenvalue weighted by Gasteiger charge is -2.03. The second-order valence-corrected chi connectivity index (χ2v) is 6.20. The van der Waals surface area contributed by atoms with Crippen LogP contribution in [0.4, 0.5) is 0 Å². The summed E-state index contributed by atoms with van der Waals surface area (Å²) in [6.07, 6.45) is 0. The van der Waals surface area contributed by atoms with Crippen LogP contribution >= 0.6 is 27.3 Å². The van der Waals surface area contributed by atoms with Gasteiger partial charge in [0, 0.05) is 10.8 Å². The minimum absolute atomic E-state index is 0.0475. The topological polar surface area (TPSA) is 21.5 Å². The Bertz CT molecular complexity index is 999. The van der Waals surface area contributed by atoms with Crippen LogP contribution in [0.5, 0.6) is 0 Å². The van der Waals surface area contributed by atoms with Gasteiger partial charge in [-0.1, -0.05) is 30.3 Å². The summed E-state index contributed by atoms with van der Waals surface area (Å²) in [7, 11) is 0. The molecule has 0 atom stereocenters. The van der Waals surface area contributed by atoms with Crippen LogP contribution in [-0.4, -0.2) is 4.40 Å². The van der Waals surface area contributed by atoms with Gasteiger partial charge in [0.25, 0.3) is 5.56 Å². The summed E-state index contributed by atoms with van der Waals surface area (Å²) in [5, 5.41) is 1.72. The van der Waals surface area contributed by atoms with Crippen molar-refractivity contribution >= 4 is 53.1 Å². The van der Waals surface area contributed by atoms with E-state index in [1.165, 1.54) is 0 Å². The first-order valence-corrected chi connectivity index (χ1v) is 7.49. The molecule has 92 valence electrons. The molecule has 4 rings (SSSR count). The minimum Gasteiger partial charge on any atom is -0.268 e. The van der Waals surface area contributed by atoms with Crippen molar-refractivity contribution in [3.05, 3.63) is 63.4 Å². The van der Waals surface area contributed by atoms with E-state index >= 15 is 0 Å². The van der Waals surface area contributed by atoms with Crippen molar-refractivity contribution in [2.75, 3.05) is 0 Å². The summed E-state index contributed by atoms with van der Waals surface area (Å²) in [4.78, 5) is 13.6. The number of fused-ring (bicyclic) bond motifs is 4. The number of halogens is 1. The zero-order chi connectivity index (χ0) is 13.0. The molecule has 0 spiro atoms. The summed E-state index contributed by atoms with van der Waals surface area (Å²) < 4.78 is 3.91. The molecule has 2 nitrogen and oxygen atoms in total. The molecule has 0 aliphatic rings. The maximum absolute atomic E-state index is 12.7. The average molecular weight is 330 g/mol. The van der Waals surface area contributed by atoms with E-state index in [0.717, 1.165) is 30.3 Å². The highest BCUT2D eigenvalue weighted by Crippen LogP contribution is 2.34. The highest BCUT2D eigenvalue weighted by Gasteiger charge is 2.13. The zero-order valence-corrected chi connectivity index (χ0v) is 12.2. The lowest BCUT2D eigenvalue weighted by molar-refractivity contribution is 1.20. The average Bonchev–Trinajstić information content (AvgIpc) is 2.84. The fourth-order valence-electron chi connectivity index (χ4n) is 2.43. The first-order valence-electron chi connectivity index (χ1n) is 5.88. The molecule has 0 saturated carbocycles. The molecule has 0 unspecified atom stereocenters. The molecule has 19 heavy (non-hydrogen) atoms. The highest BCUT2D eigenvalue weighted by atomic mass is 79.9. The van der Waals surface area contributed by atoms with Gasteiger partial charge in [0.1, 0.15) is 4.83 Å². The Hall–Kier alpha value is -1.65. The number of benzene rings is 2. The van der Waals surface area contributed by atoms with Gasteiger partial charge in [-0.15, -0.1) is 11.3 Å². The molecule has 0 fully saturated rings. The van der Waals surface area contributed by atoms with Gasteiger partial charge in [-0.25, -0.2) is 0 Å². The SMILES string of the molecule is O=c1c2ccccc2c(Br)c2sc3ccccc3n12. The number of nitrogens with zero attached hydrogens (tertiary/aromatic N) is 1. The van der Waals surface area contributed by atoms with E-state index in [1.807, 2.05) is 48.5 Å². The monoisotopic (exact) mass is 329 g/mol. The molecule has 0 saturated heterocycles. The summed E-state index contributed by atoms with van der Waals surface area (Å²) in [5.74, 6) is 0. The largest absolute Gasteiger partial charge is 0.268 e. The first kappa shape index (κ1) is 11.2. The molecular weight excluding hydrogens is 322 g/mol. The predicted molar refractivity (Wildman–Crippen MR) is 84.3 cm³/mol. The standard InChI is InChI=1S/C15H8BrNOS/c16-13-9-5-1-2-6-10(9)14(18)17-11-7-3-4-8-12(11)19-15(13)17/h1-8H. The molecule has 0 N–H and O–H groups in total. The summed E-state index contributed by atoms with van der Waals surface area (Å²) in [6.45, 7) is 0. The van der Waals surface area contributed by atoms with Crippen LogP contribution in [-0.2, 0) is 0 Å². The number of rotatable bonds is 0. The number of pyridine rings is 1. The fraction of sp³-hybridized carbons (Fsp3) is 0. The Labute approximate surface area is 121 Å². The molecule has 4 heteroatoms. The zero-order valence-electron chi connectivity index (χ0n) is 9.76. The van der Waals surface area contributed by atoms with E-state index in [9.17, 15) is 4.79 Å². The molecule has 2 aromatic heterocycles. The fourth-order valence-corrected chi connectivity index (χ4v) is 4.29. The van der Waals surface area contributed by atoms with E-state index < -0.39 is 0 Å². The summed E-state index contributed by atoms with van der Waals surface area (Å²) in [6, 6.07) is 15.7. The lowest BCUT2D eigenvalue weighted by atomic mass is 10.2. The third kappa shape index (κ3) is 1.44. The molecule has 0 aliphatic carbocycles. The second-order valence-electron chi connectivity index (χ2n) is 4.38. The van der Waals surface area contributed by atoms with E-state index in [2.05, 4.69) is 15.9 Å². The quantitative estimate of drug-likeness (QED) is 0.467. The van der Waals surface area contributed by atoms with Crippen molar-refractivity contribution in [1.82, 2.24) is 4.40 Å². The Morgan fingerprint density at radius 2 is 1.63 bits per heavy atom. The highest BCUT2D eigenvalue weighted by molar-refractivity contribution is 9.11. The van der Waals surface area contributed by atoms with Crippen LogP contribution in [0.1, 0.15) is 0 Å². The predicted octanol–water partition coefficient (Wildman–Crippen LogP) is 4.43. The Balaban J connectivity index is 2.44. The van der Waals surface area contributed by atoms with E-state index in [-0.39, 0.29) is 5.56 Å². The van der Waals surface area contributed by atoms with Crippen LogP contribution in [0.25, 0.3) is 25.8 Å². The molecule has 0 amide bonds. The van der Waals surface area contributed by atoms with Crippen molar-refractivity contribution in [2.45, 2.75) is 0 Å². The van der Waals surface area contributed by atoms with Crippen molar-refractivity contribution < 1.29 is 0 Å². The van der Waals surface area contributed by atoms with Gasteiger partial charge in [-0.2, -0.15) is 0 Å². The van der Waals surface area contributed by atoms with E-state index in [0.29, 0.717) is 0 Å². The van der Waals surface area contributed by atoms with Gasteiger partial charge in [0.15, 0.2) is 0 Å². The van der Waals surface area contributed by atoms with Crippen molar-refractivity contribution in [3.8, 4) is 0 Å². The summed E-state index contributed by atoms with van der Waals surface area (Å²) in [5.41, 5.74) is 1.02. The molecule has 4 aromatic rings. The summed E-state index contributed by atoms with van der Waals surface area (Å²) >= 11 is 5.28. The van der Waals surface area contributed by atoms with Crippen LogP contribution in [0, 0.1) is 0 Å². The van der Waals surface area contributed by atoms with Crippen LogP contribution in [0.15, 0.2) is 57.8 Å². The Morgan fingerprint density at radius 3 is 2.47 bits per heavy atom. The number of hydrogen-bond donors (Lipinski definition) is 0. The van der Waals surface area contributed by atoms with Gasteiger partial charge in [0.05, 0.1) is 14.7 Å². The Kier molecular flexibility index (Phi) is 2.31. The van der Waals surface area contributed by atoms with Crippen molar-refractivity contribution in [1.29, 1.82) is 0 Å². The van der Waals surface area contributed by atoms with Crippen LogP contribution in [0.2, 0.25) is 0 Å². The number of para-hydroxylation sites is 1. The molecular formula is C15H8BrNOS. The van der Waals surface area contributed by atoms with Gasteiger partial charge in [0.2, 0.25) is 0 Å². The van der Waals surface area contributed by atoms with Gasteiger partial charge >= 0.3 is 0 Å². The maximum Gasteiger partial charge on any atom is 0.264 e. The maximum atomic E-state index is 12.7. The molecule has 0 radical (unpaired) electrons. The second kappa shape index (κ2) is 3.92. The van der Waals surface area contributed by atoms with Crippen molar-refractivity contribution in [2.24, 2.45) is 0 Å². The molecule has 0 aliphatic heterocycles. The number of aromatic nitrogens is 1. The number of thiazole rings is 1.